The van der Waals surface area contributed by atoms with Gasteiger partial charge < -0.3 is 0 Å². The van der Waals surface area contributed by atoms with Crippen LogP contribution in [0.15, 0.2) is 31.5 Å². The number of terminal acetylenes is 1. The Kier molecular flexibility index (Phi) is 28.1. The molecular weight excluding hydrogens is 84.1 g/mol. The third-order valence-corrected chi connectivity index (χ3v) is 0.118. The number of rotatable bonds is 0. The van der Waals surface area contributed by atoms with E-state index in [0.717, 1.165) is 0 Å². The maximum Gasteiger partial charge on any atom is -0.0194 e. The van der Waals surface area contributed by atoms with Crippen LogP contribution in [0.1, 0.15) is 0 Å². The van der Waals surface area contributed by atoms with Crippen LogP contribution in [0.25, 0.3) is 0 Å². The molecule has 0 aliphatic carbocycles. The molecule has 0 amide bonds. The van der Waals surface area contributed by atoms with E-state index in [0.29, 0.717) is 0 Å². The minimum Gasteiger partial charge on any atom is -0.137 e. The molecule has 0 rings (SSSR count). The minimum atomic E-state index is 1.40. The summed E-state index contributed by atoms with van der Waals surface area (Å²) in [6.07, 6.45) is 6.06. The Morgan fingerprint density at radius 3 is 1.57 bits per heavy atom. The molecule has 0 aliphatic rings. The molecule has 0 aromatic carbocycles. The quantitative estimate of drug-likeness (QED) is 0.315. The second kappa shape index (κ2) is 21.2. The summed E-state index contributed by atoms with van der Waals surface area (Å²) in [4.78, 5) is 0. The van der Waals surface area contributed by atoms with Gasteiger partial charge in [-0.3, -0.25) is 0 Å². The van der Waals surface area contributed by atoms with E-state index in [1.165, 1.54) is 6.08 Å². The smallest absolute Gasteiger partial charge is 0.0194 e. The highest BCUT2D eigenvalue weighted by molar-refractivity contribution is 5.03. The summed E-state index contributed by atoms with van der Waals surface area (Å²) in [5, 5.41) is 0. The zero-order valence-electron chi connectivity index (χ0n) is 4.28. The van der Waals surface area contributed by atoms with E-state index in [2.05, 4.69) is 37.8 Å². The molecule has 0 nitrogen and oxygen atoms in total. The van der Waals surface area contributed by atoms with Gasteiger partial charge in [0.15, 0.2) is 0 Å². The summed E-state index contributed by atoms with van der Waals surface area (Å²) in [5.41, 5.74) is 2.25. The van der Waals surface area contributed by atoms with Gasteiger partial charge in [0.2, 0.25) is 0 Å². The number of hydrogen-bond acceptors (Lipinski definition) is 0. The topological polar surface area (TPSA) is 0 Å². The lowest BCUT2D eigenvalue weighted by Crippen LogP contribution is -1.24. The van der Waals surface area contributed by atoms with Gasteiger partial charge in [-0.1, -0.05) is 25.7 Å². The third-order valence-electron chi connectivity index (χ3n) is 0.118. The van der Waals surface area contributed by atoms with Gasteiger partial charge in [0.25, 0.3) is 0 Å². The largest absolute Gasteiger partial charge is 0.137 e. The van der Waals surface area contributed by atoms with Crippen molar-refractivity contribution in [2.75, 3.05) is 0 Å². The summed E-state index contributed by atoms with van der Waals surface area (Å²) in [5.74, 6) is 2.19. The van der Waals surface area contributed by atoms with Crippen molar-refractivity contribution >= 4 is 0 Å². The van der Waals surface area contributed by atoms with E-state index in [1.54, 1.807) is 0 Å². The molecule has 0 spiro atoms. The lowest BCUT2D eigenvalue weighted by Gasteiger charge is -1.38. The van der Waals surface area contributed by atoms with E-state index in [4.69, 9.17) is 0 Å². The van der Waals surface area contributed by atoms with Gasteiger partial charge in [-0.2, -0.15) is 0 Å². The molecule has 0 aliphatic heterocycles. The van der Waals surface area contributed by atoms with Gasteiger partial charge in [0.1, 0.15) is 0 Å². The molecule has 0 fully saturated rings. The molecule has 0 saturated carbocycles. The van der Waals surface area contributed by atoms with Crippen LogP contribution in [-0.2, 0) is 0 Å². The minimum absolute atomic E-state index is 1.40. The van der Waals surface area contributed by atoms with Gasteiger partial charge >= 0.3 is 0 Å². The molecular formula is C7H8. The molecule has 0 aromatic rings. The Hall–Kier alpha value is -1.18. The number of allylic oxidation sites excluding steroid dienone is 1. The average Bonchev–Trinajstić information content (AvgIpc) is 1.69. The SMILES string of the molecule is C#CC=C.C=C=C. The maximum absolute atomic E-state index is 4.66. The molecule has 7 heavy (non-hydrogen) atoms. The first kappa shape index (κ1) is 9.27. The molecule has 0 heterocycles. The van der Waals surface area contributed by atoms with Crippen molar-refractivity contribution in [3.63, 3.8) is 0 Å². The molecule has 0 bridgehead atoms. The van der Waals surface area contributed by atoms with Crippen LogP contribution in [0.2, 0.25) is 0 Å². The molecule has 0 aromatic heterocycles. The van der Waals surface area contributed by atoms with Gasteiger partial charge in [0, 0.05) is 0 Å². The Balaban J connectivity index is 0. The first-order valence-electron chi connectivity index (χ1n) is 1.69. The van der Waals surface area contributed by atoms with Crippen LogP contribution in [0, 0.1) is 12.3 Å². The van der Waals surface area contributed by atoms with E-state index in [1.807, 2.05) is 0 Å². The van der Waals surface area contributed by atoms with Crippen LogP contribution in [0.4, 0.5) is 0 Å². The molecule has 0 unspecified atom stereocenters. The average molecular weight is 92.1 g/mol. The zero-order valence-corrected chi connectivity index (χ0v) is 4.28. The fourth-order valence-corrected chi connectivity index (χ4v) is 0. The first-order valence-corrected chi connectivity index (χ1v) is 1.69. The summed E-state index contributed by atoms with van der Waals surface area (Å²) in [7, 11) is 0. The molecule has 0 heteroatoms. The lowest BCUT2D eigenvalue weighted by molar-refractivity contribution is 2.34. The van der Waals surface area contributed by atoms with Crippen LogP contribution in [0.3, 0.4) is 0 Å². The second-order valence-corrected chi connectivity index (χ2v) is 0.621. The van der Waals surface area contributed by atoms with Crippen molar-refractivity contribution in [1.29, 1.82) is 0 Å². The number of hydrogen-bond donors (Lipinski definition) is 0. The Morgan fingerprint density at radius 1 is 1.43 bits per heavy atom. The summed E-state index contributed by atoms with van der Waals surface area (Å²) >= 11 is 0. The van der Waals surface area contributed by atoms with Crippen LogP contribution < -0.4 is 0 Å². The second-order valence-electron chi connectivity index (χ2n) is 0.621. The van der Waals surface area contributed by atoms with Crippen LogP contribution in [0.5, 0.6) is 0 Å². The van der Waals surface area contributed by atoms with E-state index < -0.39 is 0 Å². The van der Waals surface area contributed by atoms with Crippen LogP contribution in [-0.4, -0.2) is 0 Å². The highest BCUT2D eigenvalue weighted by Gasteiger charge is 1.26. The van der Waals surface area contributed by atoms with Crippen LogP contribution >= 0.6 is 0 Å². The maximum atomic E-state index is 4.66. The molecule has 0 saturated heterocycles. The monoisotopic (exact) mass is 92.1 g/mol. The first-order chi connectivity index (χ1) is 3.33. The highest BCUT2D eigenvalue weighted by Crippen LogP contribution is 1.41. The van der Waals surface area contributed by atoms with Crippen molar-refractivity contribution in [2.24, 2.45) is 0 Å². The molecule has 0 radical (unpaired) electrons. The highest BCUT2D eigenvalue weighted by atomic mass is 13.3. The van der Waals surface area contributed by atoms with E-state index >= 15 is 0 Å². The standard InChI is InChI=1S/C4H4.C3H4/c1-3-4-2;1-3-2/h1,4H,2H2;1-2H2. The fraction of sp³-hybridized carbons (Fsp3) is 0. The molecule has 0 atom stereocenters. The molecule has 0 N–H and O–H groups in total. The zero-order chi connectivity index (χ0) is 6.12. The third kappa shape index (κ3) is 1180. The van der Waals surface area contributed by atoms with Crippen molar-refractivity contribution in [2.45, 2.75) is 0 Å². The Morgan fingerprint density at radius 2 is 1.57 bits per heavy atom. The van der Waals surface area contributed by atoms with Crippen molar-refractivity contribution in [3.05, 3.63) is 31.5 Å². The van der Waals surface area contributed by atoms with Gasteiger partial charge in [-0.05, 0) is 6.08 Å². The van der Waals surface area contributed by atoms with Gasteiger partial charge in [-0.25, -0.2) is 0 Å². The molecule has 36 valence electrons. The lowest BCUT2D eigenvalue weighted by atomic mass is 10.7. The summed E-state index contributed by atoms with van der Waals surface area (Å²) < 4.78 is 0. The predicted molar refractivity (Wildman–Crippen MR) is 33.8 cm³/mol. The van der Waals surface area contributed by atoms with Gasteiger partial charge in [-0.15, -0.1) is 12.2 Å². The summed E-state index contributed by atoms with van der Waals surface area (Å²) in [6.45, 7) is 9.49. The van der Waals surface area contributed by atoms with E-state index in [9.17, 15) is 0 Å². The van der Waals surface area contributed by atoms with E-state index in [-0.39, 0.29) is 0 Å². The summed E-state index contributed by atoms with van der Waals surface area (Å²) in [6, 6.07) is 0. The normalized spacial score (nSPS) is 3.29. The Labute approximate surface area is 44.9 Å². The Bertz CT molecular complexity index is 95.7. The fourth-order valence-electron chi connectivity index (χ4n) is 0. The predicted octanol–water partition coefficient (Wildman–Crippen LogP) is 1.76. The van der Waals surface area contributed by atoms with Gasteiger partial charge in [0.05, 0.1) is 0 Å². The van der Waals surface area contributed by atoms with Crippen molar-refractivity contribution < 1.29 is 0 Å². The van der Waals surface area contributed by atoms with Crippen molar-refractivity contribution in [3.8, 4) is 12.3 Å². The van der Waals surface area contributed by atoms with Crippen molar-refractivity contribution in [1.82, 2.24) is 0 Å².